The number of amides is 2. The highest BCUT2D eigenvalue weighted by molar-refractivity contribution is 7.91. The Hall–Kier alpha value is -4.00. The van der Waals surface area contributed by atoms with Crippen molar-refractivity contribution in [3.63, 3.8) is 0 Å². The SMILES string of the molecule is COc1ccc2nc(C)c3c(c2c1)CC[C@]1(C[C@H]2C(=O)C[C@]4(C(=O)NS(=O)(=O)C5(C)CC5)C[C@H]4/C=C\CCCCC[C@H](CC(=O)OC(C)(C)C)C(=O)N2C1)O3. The van der Waals surface area contributed by atoms with E-state index in [0.717, 1.165) is 35.7 Å². The van der Waals surface area contributed by atoms with E-state index >= 15 is 0 Å². The van der Waals surface area contributed by atoms with Gasteiger partial charge in [-0.15, -0.1) is 0 Å². The van der Waals surface area contributed by atoms with E-state index in [1.165, 1.54) is 0 Å². The summed E-state index contributed by atoms with van der Waals surface area (Å²) in [6.45, 7) is 9.01. The maximum Gasteiger partial charge on any atom is 0.307 e. The molecule has 5 atom stereocenters. The van der Waals surface area contributed by atoms with Crippen LogP contribution < -0.4 is 14.2 Å². The minimum Gasteiger partial charge on any atom is -0.497 e. The van der Waals surface area contributed by atoms with Crippen molar-refractivity contribution in [3.05, 3.63) is 41.6 Å². The molecule has 2 aromatic rings. The number of allylic oxidation sites excluding steroid dienone is 2. The molecule has 1 saturated heterocycles. The molecule has 12 nitrogen and oxygen atoms in total. The molecule has 0 radical (unpaired) electrons. The van der Waals surface area contributed by atoms with Gasteiger partial charge in [-0.05, 0) is 110 Å². The molecule has 5 aliphatic rings. The van der Waals surface area contributed by atoms with Gasteiger partial charge in [-0.2, -0.15) is 0 Å². The summed E-state index contributed by atoms with van der Waals surface area (Å²) >= 11 is 0. The van der Waals surface area contributed by atoms with Crippen LogP contribution in [0.3, 0.4) is 0 Å². The number of benzene rings is 1. The van der Waals surface area contributed by atoms with Gasteiger partial charge in [0.05, 0.1) is 47.5 Å². The van der Waals surface area contributed by atoms with Crippen molar-refractivity contribution in [1.82, 2.24) is 14.6 Å². The number of nitrogens with zero attached hydrogens (tertiary/aromatic N) is 2. The molecule has 7 rings (SSSR count). The van der Waals surface area contributed by atoms with Crippen molar-refractivity contribution in [2.45, 2.75) is 140 Å². The molecule has 1 aromatic carbocycles. The van der Waals surface area contributed by atoms with Crippen LogP contribution in [-0.2, 0) is 40.4 Å². The van der Waals surface area contributed by atoms with Crippen molar-refractivity contribution in [1.29, 1.82) is 0 Å². The zero-order chi connectivity index (χ0) is 39.6. The number of fused-ring (bicyclic) bond motifs is 5. The van der Waals surface area contributed by atoms with Gasteiger partial charge < -0.3 is 19.1 Å². The molecule has 0 bridgehead atoms. The van der Waals surface area contributed by atoms with Gasteiger partial charge in [0.1, 0.15) is 22.7 Å². The topological polar surface area (TPSA) is 158 Å². The number of aromatic nitrogens is 1. The fourth-order valence-electron chi connectivity index (χ4n) is 8.85. The second kappa shape index (κ2) is 14.2. The van der Waals surface area contributed by atoms with Crippen molar-refractivity contribution < 1.29 is 41.8 Å². The van der Waals surface area contributed by atoms with Gasteiger partial charge in [0.15, 0.2) is 5.78 Å². The molecule has 13 heteroatoms. The number of hydrogen-bond donors (Lipinski definition) is 1. The van der Waals surface area contributed by atoms with Crippen LogP contribution in [0, 0.1) is 24.2 Å². The molecule has 0 unspecified atom stereocenters. The minimum atomic E-state index is -3.94. The molecule has 55 heavy (non-hydrogen) atoms. The monoisotopic (exact) mass is 777 g/mol. The van der Waals surface area contributed by atoms with Gasteiger partial charge in [0, 0.05) is 29.7 Å². The van der Waals surface area contributed by atoms with Crippen molar-refractivity contribution >= 4 is 44.5 Å². The maximum atomic E-state index is 14.8. The number of nitrogens with one attached hydrogen (secondary N) is 1. The van der Waals surface area contributed by atoms with Crippen LogP contribution in [0.1, 0.15) is 116 Å². The third-order valence-corrected chi connectivity index (χ3v) is 14.7. The third-order valence-electron chi connectivity index (χ3n) is 12.5. The highest BCUT2D eigenvalue weighted by Gasteiger charge is 2.63. The summed E-state index contributed by atoms with van der Waals surface area (Å²) in [7, 11) is -2.32. The second-order valence-corrected chi connectivity index (χ2v) is 20.1. The van der Waals surface area contributed by atoms with Gasteiger partial charge in [-0.25, -0.2) is 13.4 Å². The molecule has 2 amide bonds. The molecule has 4 heterocycles. The lowest BCUT2D eigenvalue weighted by molar-refractivity contribution is -0.159. The first-order chi connectivity index (χ1) is 25.9. The quantitative estimate of drug-likeness (QED) is 0.271. The van der Waals surface area contributed by atoms with E-state index in [4.69, 9.17) is 19.2 Å². The lowest BCUT2D eigenvalue weighted by Crippen LogP contribution is -2.48. The molecular weight excluding hydrogens is 723 g/mol. The highest BCUT2D eigenvalue weighted by atomic mass is 32.2. The Morgan fingerprint density at radius 1 is 1.09 bits per heavy atom. The van der Waals surface area contributed by atoms with Crippen LogP contribution in [-0.4, -0.2) is 77.5 Å². The van der Waals surface area contributed by atoms with Crippen molar-refractivity contribution in [3.8, 4) is 11.5 Å². The number of carbonyl (C=O) groups is 4. The summed E-state index contributed by atoms with van der Waals surface area (Å²) in [6, 6.07) is 4.79. The van der Waals surface area contributed by atoms with E-state index in [1.54, 1.807) is 39.7 Å². The molecule has 3 fully saturated rings. The first kappa shape index (κ1) is 39.2. The predicted molar refractivity (Wildman–Crippen MR) is 206 cm³/mol. The average molecular weight is 778 g/mol. The average Bonchev–Trinajstić information content (AvgIpc) is 4.01. The number of rotatable bonds is 6. The number of Topliss-reactive ketones (excluding diaryl/α,β-unsaturated/α-hetero) is 1. The lowest BCUT2D eigenvalue weighted by Gasteiger charge is -2.36. The summed E-state index contributed by atoms with van der Waals surface area (Å²) in [6.07, 6.45) is 9.83. The number of ketones is 1. The predicted octanol–water partition coefficient (Wildman–Crippen LogP) is 6.05. The molecule has 2 saturated carbocycles. The number of sulfonamides is 1. The van der Waals surface area contributed by atoms with Crippen LogP contribution in [0.5, 0.6) is 11.5 Å². The summed E-state index contributed by atoms with van der Waals surface area (Å²) in [4.78, 5) is 63.3. The number of hydrogen-bond acceptors (Lipinski definition) is 10. The van der Waals surface area contributed by atoms with Crippen molar-refractivity contribution in [2.75, 3.05) is 13.7 Å². The van der Waals surface area contributed by atoms with Crippen LogP contribution in [0.4, 0.5) is 0 Å². The number of methoxy groups -OCH3 is 1. The van der Waals surface area contributed by atoms with Crippen molar-refractivity contribution in [2.24, 2.45) is 17.3 Å². The normalized spacial score (nSPS) is 29.9. The number of esters is 1. The van der Waals surface area contributed by atoms with E-state index in [9.17, 15) is 27.6 Å². The number of pyridine rings is 1. The van der Waals surface area contributed by atoms with Crippen LogP contribution in [0.2, 0.25) is 0 Å². The molecule has 1 spiro atoms. The maximum absolute atomic E-state index is 14.8. The zero-order valence-electron chi connectivity index (χ0n) is 33.0. The summed E-state index contributed by atoms with van der Waals surface area (Å²) in [5.41, 5.74) is -0.389. The number of carbonyl (C=O) groups excluding carboxylic acids is 4. The van der Waals surface area contributed by atoms with Gasteiger partial charge in [-0.1, -0.05) is 25.0 Å². The number of ether oxygens (including phenoxy) is 3. The Balaban J connectivity index is 1.24. The van der Waals surface area contributed by atoms with Crippen LogP contribution in [0.25, 0.3) is 10.9 Å². The summed E-state index contributed by atoms with van der Waals surface area (Å²) < 4.78 is 45.9. The van der Waals surface area contributed by atoms with Crippen LogP contribution >= 0.6 is 0 Å². The first-order valence-electron chi connectivity index (χ1n) is 19.8. The number of aryl methyl sites for hydroxylation is 2. The molecule has 2 aliphatic carbocycles. The fraction of sp³-hybridized carbons (Fsp3) is 0.643. The Labute approximate surface area is 324 Å². The molecule has 1 aromatic heterocycles. The molecule has 3 aliphatic heterocycles. The minimum absolute atomic E-state index is 0.119. The Bertz CT molecular complexity index is 2050. The Kier molecular flexibility index (Phi) is 10.1. The van der Waals surface area contributed by atoms with Gasteiger partial charge >= 0.3 is 5.97 Å². The standard InChI is InChI=1S/C42H55N3O9S/c1-26-36-30(31-21-29(52-6)14-15-32(31)43-26)16-17-41(54-36)23-33-34(46)24-42(38(49)44-55(50,51)40(5)18-19-40)22-28(42)13-11-9-7-8-10-12-27(37(48)45(33)25-41)20-35(47)53-39(2,3)4/h11,13-15,21,27-28,33H,7-10,12,16-20,22-25H2,1-6H3,(H,44,49)/b13-11-/t27-,28-,33+,41-,42-/m1/s1. The smallest absolute Gasteiger partial charge is 0.307 e. The van der Waals surface area contributed by atoms with E-state index < -0.39 is 55.2 Å². The van der Waals surface area contributed by atoms with E-state index in [1.807, 2.05) is 37.3 Å². The molecule has 1 N–H and O–H groups in total. The second-order valence-electron chi connectivity index (χ2n) is 17.9. The largest absolute Gasteiger partial charge is 0.497 e. The van der Waals surface area contributed by atoms with Gasteiger partial charge in [0.25, 0.3) is 0 Å². The molecule has 298 valence electrons. The Morgan fingerprint density at radius 2 is 1.85 bits per heavy atom. The van der Waals surface area contributed by atoms with E-state index in [2.05, 4.69) is 4.72 Å². The highest BCUT2D eigenvalue weighted by Crippen LogP contribution is 2.58. The Morgan fingerprint density at radius 3 is 2.56 bits per heavy atom. The lowest BCUT2D eigenvalue weighted by atomic mass is 9.85. The fourth-order valence-corrected chi connectivity index (χ4v) is 10.2. The van der Waals surface area contributed by atoms with Gasteiger partial charge in [0.2, 0.25) is 21.8 Å². The van der Waals surface area contributed by atoms with Gasteiger partial charge in [-0.3, -0.25) is 23.9 Å². The summed E-state index contributed by atoms with van der Waals surface area (Å²) in [5.74, 6) is -1.45. The van der Waals surface area contributed by atoms with Crippen LogP contribution in [0.15, 0.2) is 30.4 Å². The van der Waals surface area contributed by atoms with E-state index in [-0.39, 0.29) is 43.4 Å². The first-order valence-corrected chi connectivity index (χ1v) is 21.3. The zero-order valence-corrected chi connectivity index (χ0v) is 33.8. The third kappa shape index (κ3) is 7.74. The summed E-state index contributed by atoms with van der Waals surface area (Å²) in [5, 5.41) is 0.919. The molecular formula is C42H55N3O9S. The van der Waals surface area contributed by atoms with E-state index in [0.29, 0.717) is 62.1 Å².